The number of Topliss-reactive ketones (excluding diaryl/α,β-unsaturated/α-hetero) is 1. The number of phenolic OH excluding ortho intramolecular Hbond substituents is 1. The second-order valence-electron chi connectivity index (χ2n) is 10.1. The van der Waals surface area contributed by atoms with E-state index in [1.807, 2.05) is 34.6 Å². The van der Waals surface area contributed by atoms with Crippen molar-refractivity contribution in [2.75, 3.05) is 12.3 Å². The van der Waals surface area contributed by atoms with E-state index in [9.17, 15) is 24.3 Å². The van der Waals surface area contributed by atoms with Crippen molar-refractivity contribution >= 4 is 29.2 Å². The third kappa shape index (κ3) is 8.18. The van der Waals surface area contributed by atoms with E-state index in [-0.39, 0.29) is 53.0 Å². The standard InChI is InChI=1S/C27H42N4O6/c1-7-16(4)23(32)14-21(18(6)37-15(2)3)30-26(35)22-9-8-12-31(22)27(36)17(5)29-25(34)19-10-11-20(28)24(33)13-19/h10-11,13,15-18,21-22,33H,7-9,12,14,28H2,1-6H3,(H,29,34)(H,30,35). The molecule has 1 aromatic carbocycles. The van der Waals surface area contributed by atoms with Crippen molar-refractivity contribution < 1.29 is 29.0 Å². The molecule has 1 aliphatic rings. The number of nitrogen functional groups attached to an aromatic ring is 1. The van der Waals surface area contributed by atoms with Gasteiger partial charge in [-0.25, -0.2) is 0 Å². The summed E-state index contributed by atoms with van der Waals surface area (Å²) < 4.78 is 5.88. The third-order valence-electron chi connectivity index (χ3n) is 6.81. The molecule has 1 heterocycles. The first-order chi connectivity index (χ1) is 17.3. The Bertz CT molecular complexity index is 982. The number of hydrogen-bond donors (Lipinski definition) is 4. The Labute approximate surface area is 219 Å². The van der Waals surface area contributed by atoms with Crippen molar-refractivity contribution in [2.24, 2.45) is 5.92 Å². The number of nitrogens with zero attached hydrogens (tertiary/aromatic N) is 1. The van der Waals surface area contributed by atoms with Crippen LogP contribution in [0.3, 0.4) is 0 Å². The van der Waals surface area contributed by atoms with Gasteiger partial charge < -0.3 is 31.1 Å². The first kappa shape index (κ1) is 30.1. The van der Waals surface area contributed by atoms with E-state index in [1.165, 1.54) is 23.1 Å². The minimum absolute atomic E-state index is 0.0522. The Kier molecular flexibility index (Phi) is 10.9. The molecule has 0 radical (unpaired) electrons. The fourth-order valence-electron chi connectivity index (χ4n) is 4.36. The van der Waals surface area contributed by atoms with Gasteiger partial charge in [0.05, 0.1) is 23.9 Å². The van der Waals surface area contributed by atoms with Crippen molar-refractivity contribution in [1.29, 1.82) is 0 Å². The molecule has 5 atom stereocenters. The number of nitrogens with two attached hydrogens (primary N) is 1. The van der Waals surface area contributed by atoms with Gasteiger partial charge in [0.1, 0.15) is 23.6 Å². The van der Waals surface area contributed by atoms with E-state index in [4.69, 9.17) is 10.5 Å². The fraction of sp³-hybridized carbons (Fsp3) is 0.630. The second kappa shape index (κ2) is 13.4. The lowest BCUT2D eigenvalue weighted by atomic mass is 9.95. The lowest BCUT2D eigenvalue weighted by Crippen LogP contribution is -2.55. The molecule has 0 aliphatic carbocycles. The quantitative estimate of drug-likeness (QED) is 0.245. The number of carbonyl (C=O) groups is 4. The van der Waals surface area contributed by atoms with E-state index in [0.717, 1.165) is 0 Å². The van der Waals surface area contributed by atoms with Gasteiger partial charge in [0.2, 0.25) is 11.8 Å². The summed E-state index contributed by atoms with van der Waals surface area (Å²) >= 11 is 0. The average molecular weight is 519 g/mol. The Balaban J connectivity index is 2.09. The Morgan fingerprint density at radius 3 is 2.41 bits per heavy atom. The normalized spacial score (nSPS) is 18.7. The molecule has 0 aromatic heterocycles. The minimum Gasteiger partial charge on any atom is -0.506 e. The molecule has 10 heteroatoms. The van der Waals surface area contributed by atoms with Crippen molar-refractivity contribution in [2.45, 2.75) is 97.6 Å². The smallest absolute Gasteiger partial charge is 0.252 e. The topological polar surface area (TPSA) is 151 Å². The van der Waals surface area contributed by atoms with Gasteiger partial charge in [-0.1, -0.05) is 13.8 Å². The van der Waals surface area contributed by atoms with Gasteiger partial charge in [0, 0.05) is 24.4 Å². The van der Waals surface area contributed by atoms with Crippen molar-refractivity contribution in [3.8, 4) is 5.75 Å². The van der Waals surface area contributed by atoms with Crippen molar-refractivity contribution in [3.63, 3.8) is 0 Å². The monoisotopic (exact) mass is 518 g/mol. The first-order valence-electron chi connectivity index (χ1n) is 13.0. The summed E-state index contributed by atoms with van der Waals surface area (Å²) in [6.07, 6.45) is 1.52. The zero-order valence-electron chi connectivity index (χ0n) is 22.7. The SMILES string of the molecule is CCC(C)C(=O)CC(NC(=O)C1CCCN1C(=O)C(C)NC(=O)c1ccc(N)c(O)c1)C(C)OC(C)C. The molecular weight excluding hydrogens is 476 g/mol. The van der Waals surface area contributed by atoms with E-state index in [0.29, 0.717) is 25.8 Å². The van der Waals surface area contributed by atoms with Crippen molar-refractivity contribution in [3.05, 3.63) is 23.8 Å². The number of hydrogen-bond acceptors (Lipinski definition) is 7. The maximum atomic E-state index is 13.3. The highest BCUT2D eigenvalue weighted by Crippen LogP contribution is 2.22. The maximum absolute atomic E-state index is 13.3. The summed E-state index contributed by atoms with van der Waals surface area (Å²) in [5, 5.41) is 15.4. The molecular formula is C27H42N4O6. The van der Waals surface area contributed by atoms with Crippen LogP contribution in [0.15, 0.2) is 18.2 Å². The van der Waals surface area contributed by atoms with Gasteiger partial charge in [-0.05, 0) is 65.2 Å². The average Bonchev–Trinajstić information content (AvgIpc) is 3.33. The number of ketones is 1. The molecule has 37 heavy (non-hydrogen) atoms. The summed E-state index contributed by atoms with van der Waals surface area (Å²) in [5.41, 5.74) is 5.89. The van der Waals surface area contributed by atoms with Gasteiger partial charge in [-0.2, -0.15) is 0 Å². The summed E-state index contributed by atoms with van der Waals surface area (Å²) in [5.74, 6) is -1.56. The lowest BCUT2D eigenvalue weighted by Gasteiger charge is -2.31. The van der Waals surface area contributed by atoms with Crippen LogP contribution in [0.2, 0.25) is 0 Å². The van der Waals surface area contributed by atoms with Crippen LogP contribution in [0.5, 0.6) is 5.75 Å². The second-order valence-corrected chi connectivity index (χ2v) is 10.1. The number of amides is 3. The van der Waals surface area contributed by atoms with Crippen LogP contribution >= 0.6 is 0 Å². The van der Waals surface area contributed by atoms with E-state index >= 15 is 0 Å². The number of rotatable bonds is 12. The molecule has 5 unspecified atom stereocenters. The first-order valence-corrected chi connectivity index (χ1v) is 13.0. The third-order valence-corrected chi connectivity index (χ3v) is 6.81. The molecule has 1 saturated heterocycles. The van der Waals surface area contributed by atoms with Crippen LogP contribution < -0.4 is 16.4 Å². The Morgan fingerprint density at radius 1 is 1.14 bits per heavy atom. The molecule has 1 aromatic rings. The predicted molar refractivity (Wildman–Crippen MR) is 141 cm³/mol. The molecule has 1 fully saturated rings. The number of ether oxygens (including phenoxy) is 1. The number of anilines is 1. The highest BCUT2D eigenvalue weighted by molar-refractivity contribution is 5.99. The van der Waals surface area contributed by atoms with Crippen LogP contribution in [-0.2, 0) is 19.1 Å². The Hall–Kier alpha value is -3.14. The molecule has 1 aliphatic heterocycles. The van der Waals surface area contributed by atoms with Crippen LogP contribution in [0.4, 0.5) is 5.69 Å². The summed E-state index contributed by atoms with van der Waals surface area (Å²) in [6.45, 7) is 11.4. The van der Waals surface area contributed by atoms with Gasteiger partial charge in [0.25, 0.3) is 5.91 Å². The van der Waals surface area contributed by atoms with Gasteiger partial charge >= 0.3 is 0 Å². The number of phenols is 1. The number of likely N-dealkylation sites (tertiary alicyclic amines) is 1. The largest absolute Gasteiger partial charge is 0.506 e. The number of aromatic hydroxyl groups is 1. The molecule has 206 valence electrons. The Morgan fingerprint density at radius 2 is 1.81 bits per heavy atom. The van der Waals surface area contributed by atoms with Crippen LogP contribution in [0.25, 0.3) is 0 Å². The highest BCUT2D eigenvalue weighted by Gasteiger charge is 2.38. The van der Waals surface area contributed by atoms with Gasteiger partial charge in [0.15, 0.2) is 0 Å². The molecule has 2 rings (SSSR count). The minimum atomic E-state index is -0.897. The molecule has 3 amide bonds. The lowest BCUT2D eigenvalue weighted by molar-refractivity contribution is -0.140. The molecule has 10 nitrogen and oxygen atoms in total. The molecule has 0 spiro atoms. The van der Waals surface area contributed by atoms with E-state index in [2.05, 4.69) is 10.6 Å². The summed E-state index contributed by atoms with van der Waals surface area (Å²) in [7, 11) is 0. The van der Waals surface area contributed by atoms with Crippen LogP contribution in [0.1, 0.15) is 77.6 Å². The molecule has 5 N–H and O–H groups in total. The predicted octanol–water partition coefficient (Wildman–Crippen LogP) is 2.39. The zero-order valence-corrected chi connectivity index (χ0v) is 22.7. The number of carbonyl (C=O) groups excluding carboxylic acids is 4. The molecule has 0 saturated carbocycles. The van der Waals surface area contributed by atoms with E-state index < -0.39 is 30.1 Å². The zero-order chi connectivity index (χ0) is 27.9. The van der Waals surface area contributed by atoms with Gasteiger partial charge in [-0.3, -0.25) is 19.2 Å². The van der Waals surface area contributed by atoms with E-state index in [1.54, 1.807) is 6.92 Å². The van der Waals surface area contributed by atoms with Gasteiger partial charge in [-0.15, -0.1) is 0 Å². The highest BCUT2D eigenvalue weighted by atomic mass is 16.5. The van der Waals surface area contributed by atoms with Crippen LogP contribution in [-0.4, -0.2) is 70.4 Å². The molecule has 0 bridgehead atoms. The summed E-state index contributed by atoms with van der Waals surface area (Å²) in [6, 6.07) is 1.96. The van der Waals surface area contributed by atoms with Crippen molar-refractivity contribution in [1.82, 2.24) is 15.5 Å². The number of nitrogens with one attached hydrogen (secondary N) is 2. The fourth-order valence-corrected chi connectivity index (χ4v) is 4.36. The maximum Gasteiger partial charge on any atom is 0.252 e. The van der Waals surface area contributed by atoms with Crippen LogP contribution in [0, 0.1) is 5.92 Å². The summed E-state index contributed by atoms with van der Waals surface area (Å²) in [4.78, 5) is 53.2. The number of benzene rings is 1.